The minimum atomic E-state index is -0.825. The summed E-state index contributed by atoms with van der Waals surface area (Å²) in [6.07, 6.45) is 0.872. The normalized spacial score (nSPS) is 23.6. The van der Waals surface area contributed by atoms with Crippen LogP contribution in [0.5, 0.6) is 0 Å². The molecule has 9 heteroatoms. The largest absolute Gasteiger partial charge is 0.369 e. The summed E-state index contributed by atoms with van der Waals surface area (Å²) in [5, 5.41) is 10.8. The lowest BCUT2D eigenvalue weighted by atomic mass is 9.84. The van der Waals surface area contributed by atoms with Crippen LogP contribution in [0.15, 0.2) is 24.3 Å². The fourth-order valence-corrected chi connectivity index (χ4v) is 3.65. The van der Waals surface area contributed by atoms with Gasteiger partial charge in [0.1, 0.15) is 11.6 Å². The fourth-order valence-electron chi connectivity index (χ4n) is 3.65. The van der Waals surface area contributed by atoms with Crippen LogP contribution < -0.4 is 21.3 Å². The Balaban J connectivity index is 1.39. The third-order valence-corrected chi connectivity index (χ3v) is 5.19. The van der Waals surface area contributed by atoms with Gasteiger partial charge in [-0.2, -0.15) is 0 Å². The van der Waals surface area contributed by atoms with E-state index in [0.717, 1.165) is 11.4 Å². The molecule has 1 aromatic carbocycles. The zero-order valence-corrected chi connectivity index (χ0v) is 14.0. The van der Waals surface area contributed by atoms with E-state index in [-0.39, 0.29) is 18.2 Å². The molecular weight excluding hydrogens is 338 g/mol. The van der Waals surface area contributed by atoms with Gasteiger partial charge in [-0.3, -0.25) is 19.7 Å². The number of imide groups is 1. The van der Waals surface area contributed by atoms with Gasteiger partial charge in [-0.1, -0.05) is 12.1 Å². The summed E-state index contributed by atoms with van der Waals surface area (Å²) in [4.78, 5) is 49.4. The number of likely N-dealkylation sites (tertiary alicyclic amines) is 1. The topological polar surface area (TPSA) is 120 Å². The van der Waals surface area contributed by atoms with Gasteiger partial charge in [0.25, 0.3) is 5.91 Å². The van der Waals surface area contributed by atoms with Gasteiger partial charge in [0, 0.05) is 13.1 Å². The molecule has 1 atom stereocenters. The number of nitrogens with zero attached hydrogens (tertiary/aromatic N) is 1. The predicted molar refractivity (Wildman–Crippen MR) is 92.3 cm³/mol. The number of nitrogens with one attached hydrogen (secondary N) is 4. The van der Waals surface area contributed by atoms with E-state index in [1.807, 2.05) is 24.3 Å². The molecule has 0 unspecified atom stereocenters. The highest BCUT2D eigenvalue weighted by atomic mass is 16.2. The van der Waals surface area contributed by atoms with Crippen molar-refractivity contribution in [3.05, 3.63) is 24.3 Å². The molecule has 0 saturated carbocycles. The van der Waals surface area contributed by atoms with Crippen LogP contribution in [0.1, 0.15) is 19.3 Å². The number of urea groups is 1. The van der Waals surface area contributed by atoms with Gasteiger partial charge in [0.05, 0.1) is 17.8 Å². The molecular formula is C17H19N5O4. The van der Waals surface area contributed by atoms with Crippen LogP contribution in [0.2, 0.25) is 0 Å². The number of amides is 5. The summed E-state index contributed by atoms with van der Waals surface area (Å²) < 4.78 is 0. The van der Waals surface area contributed by atoms with Gasteiger partial charge >= 0.3 is 6.03 Å². The second kappa shape index (κ2) is 6.01. The number of piperidine rings is 1. The average molecular weight is 357 g/mol. The van der Waals surface area contributed by atoms with Crippen molar-refractivity contribution >= 4 is 35.1 Å². The van der Waals surface area contributed by atoms with Crippen LogP contribution in [-0.2, 0) is 14.4 Å². The average Bonchev–Trinajstić information content (AvgIpc) is 2.93. The van der Waals surface area contributed by atoms with E-state index >= 15 is 0 Å². The third kappa shape index (κ3) is 2.75. The van der Waals surface area contributed by atoms with E-state index < -0.39 is 23.5 Å². The Bertz CT molecular complexity index is 800. The van der Waals surface area contributed by atoms with Crippen molar-refractivity contribution in [3.8, 4) is 0 Å². The van der Waals surface area contributed by atoms with Crippen molar-refractivity contribution in [1.82, 2.24) is 15.5 Å². The minimum absolute atomic E-state index is 0.0764. The van der Waals surface area contributed by atoms with Crippen molar-refractivity contribution in [3.63, 3.8) is 0 Å². The quantitative estimate of drug-likeness (QED) is 0.556. The number of benzene rings is 1. The Hall–Kier alpha value is -3.10. The van der Waals surface area contributed by atoms with Crippen LogP contribution in [0, 0.1) is 0 Å². The number of rotatable bonds is 2. The van der Waals surface area contributed by atoms with Crippen molar-refractivity contribution in [1.29, 1.82) is 0 Å². The summed E-state index contributed by atoms with van der Waals surface area (Å²) in [6.45, 7) is 0.813. The van der Waals surface area contributed by atoms with Gasteiger partial charge in [-0.25, -0.2) is 4.79 Å². The molecule has 3 aliphatic rings. The Morgan fingerprint density at radius 1 is 1.08 bits per heavy atom. The Morgan fingerprint density at radius 2 is 1.77 bits per heavy atom. The van der Waals surface area contributed by atoms with E-state index in [1.54, 1.807) is 4.90 Å². The van der Waals surface area contributed by atoms with Crippen LogP contribution in [-0.4, -0.2) is 53.3 Å². The van der Waals surface area contributed by atoms with E-state index in [2.05, 4.69) is 21.3 Å². The second-order valence-electron chi connectivity index (χ2n) is 6.81. The molecule has 0 aliphatic carbocycles. The van der Waals surface area contributed by atoms with E-state index in [1.165, 1.54) is 0 Å². The molecule has 3 heterocycles. The lowest BCUT2D eigenvalue weighted by Crippen LogP contribution is -2.59. The number of anilines is 2. The van der Waals surface area contributed by atoms with E-state index in [9.17, 15) is 19.2 Å². The zero-order valence-electron chi connectivity index (χ0n) is 14.0. The van der Waals surface area contributed by atoms with Crippen molar-refractivity contribution < 1.29 is 19.2 Å². The number of fused-ring (bicyclic) bond motifs is 1. The Labute approximate surface area is 149 Å². The maximum Gasteiger partial charge on any atom is 0.322 e. The molecule has 4 N–H and O–H groups in total. The highest BCUT2D eigenvalue weighted by Crippen LogP contribution is 2.36. The monoisotopic (exact) mass is 357 g/mol. The van der Waals surface area contributed by atoms with Crippen LogP contribution in [0.3, 0.4) is 0 Å². The first-order chi connectivity index (χ1) is 12.5. The van der Waals surface area contributed by atoms with Crippen LogP contribution >= 0.6 is 0 Å². The first-order valence-corrected chi connectivity index (χ1v) is 8.55. The molecule has 4 rings (SSSR count). The number of carbonyl (C=O) groups excluding carboxylic acids is 4. The molecule has 1 aromatic rings. The second-order valence-corrected chi connectivity index (χ2v) is 6.81. The SMILES string of the molecule is O=C1NC(=O)[C@H](CC(=O)N2CCC3(CC2)Nc2ccccc2NC3=O)N1. The van der Waals surface area contributed by atoms with Crippen molar-refractivity contribution in [2.45, 2.75) is 30.8 Å². The molecule has 136 valence electrons. The summed E-state index contributed by atoms with van der Waals surface area (Å²) in [5.41, 5.74) is 0.895. The molecule has 0 aromatic heterocycles. The van der Waals surface area contributed by atoms with E-state index in [0.29, 0.717) is 25.9 Å². The summed E-state index contributed by atoms with van der Waals surface area (Å²) >= 11 is 0. The Kier molecular flexibility index (Phi) is 3.78. The molecule has 1 spiro atoms. The molecule has 3 aliphatic heterocycles. The number of hydrogen-bond acceptors (Lipinski definition) is 5. The summed E-state index contributed by atoms with van der Waals surface area (Å²) in [7, 11) is 0. The van der Waals surface area contributed by atoms with Crippen molar-refractivity contribution in [2.75, 3.05) is 23.7 Å². The first-order valence-electron chi connectivity index (χ1n) is 8.55. The molecule has 2 fully saturated rings. The van der Waals surface area contributed by atoms with Gasteiger partial charge in [-0.05, 0) is 25.0 Å². The summed E-state index contributed by atoms with van der Waals surface area (Å²) in [5.74, 6) is -0.786. The van der Waals surface area contributed by atoms with Gasteiger partial charge in [0.15, 0.2) is 0 Å². The maximum atomic E-state index is 12.6. The lowest BCUT2D eigenvalue weighted by Gasteiger charge is -2.44. The molecule has 2 saturated heterocycles. The fraction of sp³-hybridized carbons (Fsp3) is 0.412. The molecule has 9 nitrogen and oxygen atoms in total. The standard InChI is InChI=1S/C17H19N5O4/c23-13(9-12-14(24)20-16(26)19-12)22-7-5-17(6-8-22)15(25)18-10-3-1-2-4-11(10)21-17/h1-4,12,21H,5-9H2,(H,18,25)(H2,19,20,24,26)/t12-/m0/s1. The lowest BCUT2D eigenvalue weighted by molar-refractivity contribution is -0.136. The molecule has 5 amide bonds. The molecule has 26 heavy (non-hydrogen) atoms. The zero-order chi connectivity index (χ0) is 18.3. The summed E-state index contributed by atoms with van der Waals surface area (Å²) in [6, 6.07) is 6.11. The van der Waals surface area contributed by atoms with Gasteiger partial charge in [-0.15, -0.1) is 0 Å². The molecule has 0 bridgehead atoms. The predicted octanol–water partition coefficient (Wildman–Crippen LogP) is 0.00990. The number of para-hydroxylation sites is 2. The van der Waals surface area contributed by atoms with E-state index in [4.69, 9.17) is 0 Å². The van der Waals surface area contributed by atoms with Gasteiger partial charge < -0.3 is 20.9 Å². The smallest absolute Gasteiger partial charge is 0.322 e. The Morgan fingerprint density at radius 3 is 2.42 bits per heavy atom. The number of carbonyl (C=O) groups is 4. The van der Waals surface area contributed by atoms with Crippen LogP contribution in [0.4, 0.5) is 16.2 Å². The number of hydrogen-bond donors (Lipinski definition) is 4. The first kappa shape index (κ1) is 16.4. The highest BCUT2D eigenvalue weighted by Gasteiger charge is 2.45. The maximum absolute atomic E-state index is 12.6. The van der Waals surface area contributed by atoms with Crippen LogP contribution in [0.25, 0.3) is 0 Å². The molecule has 0 radical (unpaired) electrons. The highest BCUT2D eigenvalue weighted by molar-refractivity contribution is 6.07. The van der Waals surface area contributed by atoms with Gasteiger partial charge in [0.2, 0.25) is 11.8 Å². The minimum Gasteiger partial charge on any atom is -0.369 e. The van der Waals surface area contributed by atoms with Crippen molar-refractivity contribution in [2.24, 2.45) is 0 Å². The third-order valence-electron chi connectivity index (χ3n) is 5.19.